The van der Waals surface area contributed by atoms with E-state index in [1.165, 1.54) is 0 Å². The second kappa shape index (κ2) is 3.88. The molecule has 0 aromatic rings. The molecule has 2 nitrogen and oxygen atoms in total. The summed E-state index contributed by atoms with van der Waals surface area (Å²) in [5.41, 5.74) is 0.291. The molecule has 0 radical (unpaired) electrons. The maximum atomic E-state index is 9.99. The van der Waals surface area contributed by atoms with Crippen LogP contribution in [0.25, 0.3) is 0 Å². The summed E-state index contributed by atoms with van der Waals surface area (Å²) in [6.45, 7) is 3.34. The van der Waals surface area contributed by atoms with E-state index in [0.29, 0.717) is 12.0 Å². The molecule has 0 atom stereocenters. The highest BCUT2D eigenvalue weighted by Crippen LogP contribution is 1.99. The Bertz CT molecular complexity index is 109. The number of rotatable bonds is 3. The van der Waals surface area contributed by atoms with Gasteiger partial charge in [-0.3, -0.25) is 0 Å². The van der Waals surface area contributed by atoms with Gasteiger partial charge in [-0.15, -0.1) is 0 Å². The smallest absolute Gasteiger partial charge is 0.330 e. The van der Waals surface area contributed by atoms with Crippen LogP contribution in [0.15, 0.2) is 12.2 Å². The minimum atomic E-state index is -0.887. The van der Waals surface area contributed by atoms with Gasteiger partial charge in [0.1, 0.15) is 0 Å². The average Bonchev–Trinajstić information content (AvgIpc) is 1.67. The topological polar surface area (TPSA) is 37.3 Å². The lowest BCUT2D eigenvalue weighted by Crippen LogP contribution is -1.98. The van der Waals surface area contributed by atoms with Gasteiger partial charge in [0.25, 0.3) is 0 Å². The minimum absolute atomic E-state index is 0.291. The fourth-order valence-electron chi connectivity index (χ4n) is 0.221. The second-order valence-electron chi connectivity index (χ2n) is 1.35. The molecule has 0 fully saturated rings. The lowest BCUT2D eigenvalue weighted by Gasteiger charge is -1.91. The van der Waals surface area contributed by atoms with E-state index in [1.54, 1.807) is 0 Å². The Morgan fingerprint density at radius 1 is 1.75 bits per heavy atom. The molecule has 0 aliphatic rings. The molecule has 0 spiro atoms. The molecule has 0 aromatic carbocycles. The van der Waals surface area contributed by atoms with E-state index in [1.807, 2.05) is 0 Å². The first kappa shape index (κ1) is 7.94. The third-order valence-corrected chi connectivity index (χ3v) is 1.24. The number of carbonyl (C=O) groups is 1. The summed E-state index contributed by atoms with van der Waals surface area (Å²) in [5.74, 6) is -0.887. The number of carboxylic acid groups (broad SMARTS) is 1. The van der Waals surface area contributed by atoms with E-state index in [-0.39, 0.29) is 0 Å². The summed E-state index contributed by atoms with van der Waals surface area (Å²) in [5, 5.41) is 8.21. The molecule has 0 bridgehead atoms. The molecule has 0 rings (SSSR count). The zero-order valence-corrected chi connectivity index (χ0v) is 6.51. The van der Waals surface area contributed by atoms with Crippen molar-refractivity contribution in [1.82, 2.24) is 0 Å². The summed E-state index contributed by atoms with van der Waals surface area (Å²) in [6, 6.07) is 0. The maximum Gasteiger partial charge on any atom is 0.330 e. The van der Waals surface area contributed by atoms with Crippen LogP contribution in [0.1, 0.15) is 6.42 Å². The highest BCUT2D eigenvalue weighted by Gasteiger charge is 1.99. The molecule has 0 heterocycles. The van der Waals surface area contributed by atoms with Crippen molar-refractivity contribution in [3.05, 3.63) is 12.2 Å². The van der Waals surface area contributed by atoms with Gasteiger partial charge in [-0.2, -0.15) is 0 Å². The van der Waals surface area contributed by atoms with Gasteiger partial charge in [0, 0.05) is 10.0 Å². The van der Waals surface area contributed by atoms with Crippen LogP contribution < -0.4 is 0 Å². The van der Waals surface area contributed by atoms with Crippen LogP contribution in [0.3, 0.4) is 0 Å². The van der Waals surface area contributed by atoms with Crippen LogP contribution >= 0.6 is 22.6 Å². The molecule has 1 N–H and O–H groups in total. The van der Waals surface area contributed by atoms with Gasteiger partial charge in [-0.05, 0) is 6.42 Å². The van der Waals surface area contributed by atoms with Crippen molar-refractivity contribution >= 4 is 28.6 Å². The van der Waals surface area contributed by atoms with Gasteiger partial charge >= 0.3 is 5.97 Å². The molecule has 0 saturated carbocycles. The SMILES string of the molecule is C=C(CCI)C(=O)O. The van der Waals surface area contributed by atoms with E-state index < -0.39 is 5.97 Å². The lowest BCUT2D eigenvalue weighted by molar-refractivity contribution is -0.132. The molecule has 0 aliphatic heterocycles. The van der Waals surface area contributed by atoms with Crippen LogP contribution in [0.2, 0.25) is 0 Å². The van der Waals surface area contributed by atoms with Crippen molar-refractivity contribution in [1.29, 1.82) is 0 Å². The molecule has 0 amide bonds. The predicted octanol–water partition coefficient (Wildman–Crippen LogP) is 1.45. The fourth-order valence-corrected chi connectivity index (χ4v) is 0.872. The quantitative estimate of drug-likeness (QED) is 0.449. The van der Waals surface area contributed by atoms with E-state index in [4.69, 9.17) is 5.11 Å². The van der Waals surface area contributed by atoms with Crippen LogP contribution in [0, 0.1) is 0 Å². The van der Waals surface area contributed by atoms with Crippen LogP contribution in [-0.4, -0.2) is 15.5 Å². The highest BCUT2D eigenvalue weighted by atomic mass is 127. The van der Waals surface area contributed by atoms with Crippen LogP contribution in [0.4, 0.5) is 0 Å². The van der Waals surface area contributed by atoms with Gasteiger partial charge in [-0.1, -0.05) is 29.2 Å². The number of hydrogen-bond donors (Lipinski definition) is 1. The molecule has 0 aliphatic carbocycles. The molecule has 3 heteroatoms. The molecular weight excluding hydrogens is 219 g/mol. The Labute approximate surface area is 61.7 Å². The largest absolute Gasteiger partial charge is 0.478 e. The van der Waals surface area contributed by atoms with Crippen LogP contribution in [0.5, 0.6) is 0 Å². The third kappa shape index (κ3) is 3.01. The number of halogens is 1. The molecule has 0 unspecified atom stereocenters. The van der Waals surface area contributed by atoms with Crippen molar-refractivity contribution in [2.75, 3.05) is 4.43 Å². The highest BCUT2D eigenvalue weighted by molar-refractivity contribution is 14.1. The summed E-state index contributed by atoms with van der Waals surface area (Å²) in [7, 11) is 0. The Morgan fingerprint density at radius 2 is 2.25 bits per heavy atom. The van der Waals surface area contributed by atoms with Gasteiger partial charge < -0.3 is 5.11 Å². The second-order valence-corrected chi connectivity index (χ2v) is 2.43. The fraction of sp³-hybridized carbons (Fsp3) is 0.400. The Morgan fingerprint density at radius 3 is 2.38 bits per heavy atom. The first-order chi connectivity index (χ1) is 3.68. The van der Waals surface area contributed by atoms with Crippen molar-refractivity contribution in [2.24, 2.45) is 0 Å². The lowest BCUT2D eigenvalue weighted by atomic mass is 10.2. The summed E-state index contributed by atoms with van der Waals surface area (Å²) >= 11 is 2.11. The molecule has 46 valence electrons. The standard InChI is InChI=1S/C5H7IO2/c1-4(2-3-6)5(7)8/h1-3H2,(H,7,8). The Hall–Kier alpha value is -0.0600. The van der Waals surface area contributed by atoms with Crippen molar-refractivity contribution in [2.45, 2.75) is 6.42 Å². The molecule has 8 heavy (non-hydrogen) atoms. The van der Waals surface area contributed by atoms with Crippen LogP contribution in [-0.2, 0) is 4.79 Å². The molecule has 0 aromatic heterocycles. The maximum absolute atomic E-state index is 9.99. The summed E-state index contributed by atoms with van der Waals surface area (Å²) in [6.07, 6.45) is 0.579. The minimum Gasteiger partial charge on any atom is -0.478 e. The van der Waals surface area contributed by atoms with Gasteiger partial charge in [0.05, 0.1) is 0 Å². The summed E-state index contributed by atoms with van der Waals surface area (Å²) < 4.78 is 0.822. The zero-order valence-electron chi connectivity index (χ0n) is 4.35. The zero-order chi connectivity index (χ0) is 6.57. The predicted molar refractivity (Wildman–Crippen MR) is 40.3 cm³/mol. The van der Waals surface area contributed by atoms with E-state index in [2.05, 4.69) is 29.2 Å². The van der Waals surface area contributed by atoms with Gasteiger partial charge in [0.15, 0.2) is 0 Å². The number of aliphatic carboxylic acids is 1. The number of alkyl halides is 1. The Kier molecular flexibility index (Phi) is 3.85. The number of carboxylic acids is 1. The van der Waals surface area contributed by atoms with Gasteiger partial charge in [0.2, 0.25) is 0 Å². The van der Waals surface area contributed by atoms with E-state index in [0.717, 1.165) is 4.43 Å². The molecule has 0 saturated heterocycles. The molecular formula is C5H7IO2. The number of hydrogen-bond acceptors (Lipinski definition) is 1. The Balaban J connectivity index is 3.49. The third-order valence-electron chi connectivity index (χ3n) is 0.699. The average molecular weight is 226 g/mol. The van der Waals surface area contributed by atoms with Crippen molar-refractivity contribution in [3.8, 4) is 0 Å². The van der Waals surface area contributed by atoms with Gasteiger partial charge in [-0.25, -0.2) is 4.79 Å². The first-order valence-electron chi connectivity index (χ1n) is 2.15. The normalized spacial score (nSPS) is 8.62. The van der Waals surface area contributed by atoms with Crippen molar-refractivity contribution in [3.63, 3.8) is 0 Å². The van der Waals surface area contributed by atoms with E-state index in [9.17, 15) is 4.79 Å². The monoisotopic (exact) mass is 226 g/mol. The van der Waals surface area contributed by atoms with E-state index >= 15 is 0 Å². The summed E-state index contributed by atoms with van der Waals surface area (Å²) in [4.78, 5) is 9.99. The first-order valence-corrected chi connectivity index (χ1v) is 3.68. The van der Waals surface area contributed by atoms with Crippen molar-refractivity contribution < 1.29 is 9.90 Å².